The number of hydrogen-bond donors (Lipinski definition) is 2. The van der Waals surface area contributed by atoms with Crippen molar-refractivity contribution in [1.29, 1.82) is 0 Å². The maximum Gasteiger partial charge on any atom is 0.267 e. The minimum atomic E-state index is -3.44. The van der Waals surface area contributed by atoms with Gasteiger partial charge in [-0.2, -0.15) is 0 Å². The van der Waals surface area contributed by atoms with Gasteiger partial charge in [-0.05, 0) is 54.8 Å². The molecule has 14 heteroatoms. The van der Waals surface area contributed by atoms with Crippen LogP contribution < -0.4 is 16.6 Å². The Morgan fingerprint density at radius 3 is 2.61 bits per heavy atom. The molecule has 0 spiro atoms. The fraction of sp³-hybridized carbons (Fsp3) is 0.167. The lowest BCUT2D eigenvalue weighted by atomic mass is 10.1. The van der Waals surface area contributed by atoms with Gasteiger partial charge in [0.2, 0.25) is 10.0 Å². The number of pyridine rings is 1. The number of sulfonamides is 1. The lowest BCUT2D eigenvalue weighted by molar-refractivity contribution is 0.472. The fourth-order valence-electron chi connectivity index (χ4n) is 4.39. The summed E-state index contributed by atoms with van der Waals surface area (Å²) in [4.78, 5) is 31.1. The van der Waals surface area contributed by atoms with Crippen molar-refractivity contribution in [3.8, 4) is 17.5 Å². The summed E-state index contributed by atoms with van der Waals surface area (Å²) >= 11 is 6.45. The van der Waals surface area contributed by atoms with Crippen LogP contribution in [0.2, 0.25) is 5.02 Å². The summed E-state index contributed by atoms with van der Waals surface area (Å²) in [7, 11) is -1.96. The van der Waals surface area contributed by atoms with Gasteiger partial charge in [0, 0.05) is 13.6 Å². The van der Waals surface area contributed by atoms with E-state index in [9.17, 15) is 17.6 Å². The van der Waals surface area contributed by atoms with Gasteiger partial charge in [0.1, 0.15) is 40.9 Å². The number of benzene rings is 2. The molecule has 224 valence electrons. The highest BCUT2D eigenvalue weighted by Crippen LogP contribution is 2.26. The number of nitrogens with one attached hydrogen (secondary N) is 1. The molecule has 3 aromatic heterocycles. The Hall–Kier alpha value is -4.90. The third-order valence-electron chi connectivity index (χ3n) is 6.67. The van der Waals surface area contributed by atoms with Gasteiger partial charge in [0.15, 0.2) is 0 Å². The number of aromatic nitrogens is 5. The van der Waals surface area contributed by atoms with Crippen LogP contribution >= 0.6 is 11.6 Å². The van der Waals surface area contributed by atoms with Crippen LogP contribution in [-0.2, 0) is 16.6 Å². The van der Waals surface area contributed by atoms with Crippen molar-refractivity contribution < 1.29 is 12.8 Å². The summed E-state index contributed by atoms with van der Waals surface area (Å²) in [5.41, 5.74) is 7.82. The Morgan fingerprint density at radius 1 is 1.11 bits per heavy atom. The molecule has 5 rings (SSSR count). The van der Waals surface area contributed by atoms with E-state index in [1.54, 1.807) is 49.4 Å². The third-order valence-corrected chi connectivity index (χ3v) is 8.25. The number of rotatable bonds is 7. The maximum atomic E-state index is 14.0. The van der Waals surface area contributed by atoms with E-state index in [4.69, 9.17) is 22.3 Å². The van der Waals surface area contributed by atoms with E-state index in [1.807, 2.05) is 0 Å². The highest BCUT2D eigenvalue weighted by atomic mass is 35.5. The molecule has 0 aliphatic heterocycles. The molecule has 3 N–H and O–H groups in total. The lowest BCUT2D eigenvalue weighted by Gasteiger charge is -2.21. The first-order valence-electron chi connectivity index (χ1n) is 13.1. The molecule has 0 aliphatic carbocycles. The van der Waals surface area contributed by atoms with Gasteiger partial charge in [-0.25, -0.2) is 37.0 Å². The van der Waals surface area contributed by atoms with E-state index >= 15 is 0 Å². The van der Waals surface area contributed by atoms with E-state index in [-0.39, 0.29) is 34.2 Å². The number of nitrogen functional groups attached to an aromatic ring is 1. The standard InChI is InChI=1S/C30H26ClFN8O3S/c1-18(37-28-23(27(33)35-17-36-28)13-12-21-11-10-20(32)15-34-21)29-38-25-9-5-8-24(31)26(25)30(41)40(29)22-7-4-6-19(14-22)16-39(2)44(3,42)43/h4-11,14-15,17-18H,16H2,1-3H3,(H3,33,35,36,37). The van der Waals surface area contributed by atoms with Crippen LogP contribution in [0.3, 0.4) is 0 Å². The first-order valence-corrected chi connectivity index (χ1v) is 15.4. The molecule has 0 saturated carbocycles. The predicted molar refractivity (Wildman–Crippen MR) is 167 cm³/mol. The molecule has 1 atom stereocenters. The molecular formula is C30H26ClFN8O3S. The van der Waals surface area contributed by atoms with Crippen LogP contribution in [0.4, 0.5) is 16.0 Å². The van der Waals surface area contributed by atoms with Crippen molar-refractivity contribution in [1.82, 2.24) is 28.8 Å². The first-order chi connectivity index (χ1) is 20.9. The van der Waals surface area contributed by atoms with Crippen LogP contribution in [0.15, 0.2) is 71.9 Å². The highest BCUT2D eigenvalue weighted by Gasteiger charge is 2.22. The summed E-state index contributed by atoms with van der Waals surface area (Å²) in [5.74, 6) is 5.93. The average molecular weight is 633 g/mol. The van der Waals surface area contributed by atoms with Gasteiger partial charge in [0.25, 0.3) is 5.56 Å². The molecule has 0 fully saturated rings. The van der Waals surface area contributed by atoms with E-state index in [0.717, 1.165) is 12.5 Å². The van der Waals surface area contributed by atoms with Crippen LogP contribution in [0, 0.1) is 17.7 Å². The van der Waals surface area contributed by atoms with Crippen molar-refractivity contribution >= 4 is 44.2 Å². The largest absolute Gasteiger partial charge is 0.382 e. The first kappa shape index (κ1) is 30.6. The van der Waals surface area contributed by atoms with E-state index in [0.29, 0.717) is 28.3 Å². The smallest absolute Gasteiger partial charge is 0.267 e. The predicted octanol–water partition coefficient (Wildman–Crippen LogP) is 3.91. The minimum Gasteiger partial charge on any atom is -0.382 e. The second-order valence-corrected chi connectivity index (χ2v) is 12.4. The molecule has 3 heterocycles. The topological polar surface area (TPSA) is 149 Å². The van der Waals surface area contributed by atoms with Gasteiger partial charge in [-0.1, -0.05) is 35.7 Å². The van der Waals surface area contributed by atoms with Crippen molar-refractivity contribution in [3.05, 3.63) is 111 Å². The second-order valence-electron chi connectivity index (χ2n) is 9.89. The molecule has 2 aromatic carbocycles. The monoisotopic (exact) mass is 632 g/mol. The molecule has 44 heavy (non-hydrogen) atoms. The Balaban J connectivity index is 1.61. The van der Waals surface area contributed by atoms with Gasteiger partial charge < -0.3 is 11.1 Å². The molecular weight excluding hydrogens is 607 g/mol. The molecule has 5 aromatic rings. The SMILES string of the molecule is CC(Nc1ncnc(N)c1C#Cc1ccc(F)cn1)c1nc2cccc(Cl)c2c(=O)n1-c1cccc(CN(C)S(C)(=O)=O)c1. The van der Waals surface area contributed by atoms with Crippen molar-refractivity contribution in [2.24, 2.45) is 0 Å². The van der Waals surface area contributed by atoms with Gasteiger partial charge in [0.05, 0.1) is 40.1 Å². The Kier molecular flexibility index (Phi) is 8.59. The Morgan fingerprint density at radius 2 is 1.89 bits per heavy atom. The second kappa shape index (κ2) is 12.4. The molecule has 1 unspecified atom stereocenters. The lowest BCUT2D eigenvalue weighted by Crippen LogP contribution is -2.28. The van der Waals surface area contributed by atoms with E-state index in [2.05, 4.69) is 32.1 Å². The van der Waals surface area contributed by atoms with Crippen LogP contribution in [0.5, 0.6) is 0 Å². The highest BCUT2D eigenvalue weighted by molar-refractivity contribution is 7.88. The molecule has 0 radical (unpaired) electrons. The van der Waals surface area contributed by atoms with Crippen LogP contribution in [-0.4, -0.2) is 50.5 Å². The normalized spacial score (nSPS) is 12.1. The number of hydrogen-bond acceptors (Lipinski definition) is 9. The third kappa shape index (κ3) is 6.52. The molecule has 0 saturated heterocycles. The Labute approximate surface area is 257 Å². The van der Waals surface area contributed by atoms with Gasteiger partial charge >= 0.3 is 0 Å². The number of nitrogens with two attached hydrogens (primary N) is 1. The molecule has 0 aliphatic rings. The van der Waals surface area contributed by atoms with Crippen LogP contribution in [0.1, 0.15) is 35.6 Å². The molecule has 0 amide bonds. The van der Waals surface area contributed by atoms with E-state index in [1.165, 1.54) is 34.4 Å². The quantitative estimate of drug-likeness (QED) is 0.255. The number of fused-ring (bicyclic) bond motifs is 1. The summed E-state index contributed by atoms with van der Waals surface area (Å²) in [6.45, 7) is 1.88. The number of halogens is 2. The average Bonchev–Trinajstić information content (AvgIpc) is 2.97. The van der Waals surface area contributed by atoms with Gasteiger partial charge in [-0.3, -0.25) is 9.36 Å². The van der Waals surface area contributed by atoms with Gasteiger partial charge in [-0.15, -0.1) is 0 Å². The minimum absolute atomic E-state index is 0.0947. The summed E-state index contributed by atoms with van der Waals surface area (Å²) < 4.78 is 40.0. The summed E-state index contributed by atoms with van der Waals surface area (Å²) in [6, 6.07) is 14.0. The zero-order valence-electron chi connectivity index (χ0n) is 23.8. The maximum absolute atomic E-state index is 14.0. The number of anilines is 2. The Bertz CT molecular complexity index is 2110. The summed E-state index contributed by atoms with van der Waals surface area (Å²) in [6.07, 6.45) is 3.45. The van der Waals surface area contributed by atoms with E-state index < -0.39 is 27.4 Å². The van der Waals surface area contributed by atoms with Crippen molar-refractivity contribution in [2.75, 3.05) is 24.4 Å². The number of nitrogens with zero attached hydrogens (tertiary/aromatic N) is 6. The molecule has 0 bridgehead atoms. The van der Waals surface area contributed by atoms with Crippen LogP contribution in [0.25, 0.3) is 16.6 Å². The molecule has 11 nitrogen and oxygen atoms in total. The van der Waals surface area contributed by atoms with Crippen molar-refractivity contribution in [3.63, 3.8) is 0 Å². The zero-order chi connectivity index (χ0) is 31.6. The summed E-state index contributed by atoms with van der Waals surface area (Å²) in [5, 5.41) is 3.71. The zero-order valence-corrected chi connectivity index (χ0v) is 25.4. The van der Waals surface area contributed by atoms with Crippen molar-refractivity contribution in [2.45, 2.75) is 19.5 Å². The fourth-order valence-corrected chi connectivity index (χ4v) is 5.03.